The van der Waals surface area contributed by atoms with Crippen molar-refractivity contribution in [2.24, 2.45) is 11.3 Å². The third kappa shape index (κ3) is 3.02. The third-order valence-corrected chi connectivity index (χ3v) is 6.22. The first-order chi connectivity index (χ1) is 12.5. The number of methoxy groups -OCH3 is 2. The number of ether oxygens (including phenoxy) is 2. The Morgan fingerprint density at radius 3 is 2.27 bits per heavy atom. The molecular weight excluding hydrogens is 320 g/mol. The second-order valence-electron chi connectivity index (χ2n) is 8.44. The van der Waals surface area contributed by atoms with Gasteiger partial charge >= 0.3 is 0 Å². The zero-order valence-corrected chi connectivity index (χ0v) is 16.2. The minimum absolute atomic E-state index is 0.392. The average molecular weight is 348 g/mol. The van der Waals surface area contributed by atoms with Gasteiger partial charge in [0.2, 0.25) is 0 Å². The SMILES string of the molecule is COc1ccc(C2=Cc3ccc(OC)cc3[C@@H]3CCC(C)(C)C[C@H]23)cc1. The molecule has 0 amide bonds. The highest BCUT2D eigenvalue weighted by Crippen LogP contribution is 2.55. The fraction of sp³-hybridized carbons (Fsp3) is 0.417. The number of rotatable bonds is 3. The van der Waals surface area contributed by atoms with E-state index in [9.17, 15) is 0 Å². The van der Waals surface area contributed by atoms with E-state index in [1.54, 1.807) is 14.2 Å². The lowest BCUT2D eigenvalue weighted by Crippen LogP contribution is -2.31. The molecule has 1 fully saturated rings. The molecule has 1 saturated carbocycles. The summed E-state index contributed by atoms with van der Waals surface area (Å²) in [5, 5.41) is 0. The summed E-state index contributed by atoms with van der Waals surface area (Å²) in [4.78, 5) is 0. The van der Waals surface area contributed by atoms with E-state index in [0.717, 1.165) is 11.5 Å². The van der Waals surface area contributed by atoms with Gasteiger partial charge in [-0.25, -0.2) is 0 Å². The molecule has 0 bridgehead atoms. The first-order valence-corrected chi connectivity index (χ1v) is 9.55. The van der Waals surface area contributed by atoms with Crippen LogP contribution in [0.4, 0.5) is 0 Å². The molecular formula is C24H28O2. The van der Waals surface area contributed by atoms with Gasteiger partial charge in [-0.3, -0.25) is 0 Å². The van der Waals surface area contributed by atoms with E-state index < -0.39 is 0 Å². The quantitative estimate of drug-likeness (QED) is 0.660. The van der Waals surface area contributed by atoms with Crippen LogP contribution in [0.15, 0.2) is 42.5 Å². The molecule has 2 aromatic rings. The second-order valence-corrected chi connectivity index (χ2v) is 8.44. The van der Waals surface area contributed by atoms with Gasteiger partial charge in [-0.15, -0.1) is 0 Å². The van der Waals surface area contributed by atoms with Crippen molar-refractivity contribution in [1.29, 1.82) is 0 Å². The van der Waals surface area contributed by atoms with Crippen molar-refractivity contribution in [3.8, 4) is 11.5 Å². The van der Waals surface area contributed by atoms with E-state index in [-0.39, 0.29) is 0 Å². The molecule has 0 N–H and O–H groups in total. The van der Waals surface area contributed by atoms with Crippen molar-refractivity contribution < 1.29 is 9.47 Å². The summed E-state index contributed by atoms with van der Waals surface area (Å²) in [6.45, 7) is 4.83. The van der Waals surface area contributed by atoms with Gasteiger partial charge in [0.05, 0.1) is 14.2 Å². The maximum Gasteiger partial charge on any atom is 0.119 e. The largest absolute Gasteiger partial charge is 0.497 e. The molecule has 4 rings (SSSR count). The average Bonchev–Trinajstić information content (AvgIpc) is 2.66. The van der Waals surface area contributed by atoms with E-state index in [0.29, 0.717) is 17.3 Å². The van der Waals surface area contributed by atoms with Crippen LogP contribution in [0, 0.1) is 11.3 Å². The molecule has 0 unspecified atom stereocenters. The Labute approximate surface area is 156 Å². The Morgan fingerprint density at radius 1 is 0.885 bits per heavy atom. The van der Waals surface area contributed by atoms with Crippen LogP contribution in [0.5, 0.6) is 11.5 Å². The van der Waals surface area contributed by atoms with Crippen molar-refractivity contribution in [2.75, 3.05) is 14.2 Å². The summed E-state index contributed by atoms with van der Waals surface area (Å²) in [7, 11) is 3.48. The Kier molecular flexibility index (Phi) is 4.30. The Balaban J connectivity index is 1.82. The van der Waals surface area contributed by atoms with Crippen molar-refractivity contribution in [3.05, 3.63) is 59.2 Å². The van der Waals surface area contributed by atoms with Crippen molar-refractivity contribution in [2.45, 2.75) is 39.0 Å². The van der Waals surface area contributed by atoms with Gasteiger partial charge in [-0.05, 0) is 83.0 Å². The summed E-state index contributed by atoms with van der Waals surface area (Å²) in [5.74, 6) is 3.02. The van der Waals surface area contributed by atoms with Crippen LogP contribution in [0.1, 0.15) is 55.7 Å². The third-order valence-electron chi connectivity index (χ3n) is 6.22. The van der Waals surface area contributed by atoms with E-state index in [2.05, 4.69) is 62.4 Å². The van der Waals surface area contributed by atoms with E-state index in [1.165, 1.54) is 41.5 Å². The molecule has 0 heterocycles. The number of hydrogen-bond donors (Lipinski definition) is 0. The van der Waals surface area contributed by atoms with Gasteiger partial charge in [-0.1, -0.05) is 38.1 Å². The van der Waals surface area contributed by atoms with Crippen molar-refractivity contribution in [1.82, 2.24) is 0 Å². The number of allylic oxidation sites excluding steroid dienone is 1. The molecule has 0 radical (unpaired) electrons. The number of benzene rings is 2. The van der Waals surface area contributed by atoms with Gasteiger partial charge in [0.1, 0.15) is 11.5 Å². The minimum atomic E-state index is 0.392. The van der Waals surface area contributed by atoms with E-state index in [1.807, 2.05) is 0 Å². The Morgan fingerprint density at radius 2 is 1.58 bits per heavy atom. The molecule has 26 heavy (non-hydrogen) atoms. The van der Waals surface area contributed by atoms with Crippen LogP contribution in [0.2, 0.25) is 0 Å². The lowest BCUT2D eigenvalue weighted by atomic mass is 9.60. The molecule has 0 spiro atoms. The summed E-state index contributed by atoms with van der Waals surface area (Å²) in [6, 6.07) is 15.1. The fourth-order valence-electron chi connectivity index (χ4n) is 4.77. The van der Waals surface area contributed by atoms with Crippen LogP contribution in [0.25, 0.3) is 11.6 Å². The molecule has 2 aliphatic carbocycles. The molecule has 2 atom stereocenters. The highest BCUT2D eigenvalue weighted by molar-refractivity contribution is 5.87. The lowest BCUT2D eigenvalue weighted by Gasteiger charge is -2.45. The Hall–Kier alpha value is -2.22. The predicted molar refractivity (Wildman–Crippen MR) is 108 cm³/mol. The van der Waals surface area contributed by atoms with Gasteiger partial charge in [0.25, 0.3) is 0 Å². The molecule has 0 aliphatic heterocycles. The molecule has 2 nitrogen and oxygen atoms in total. The normalized spacial score (nSPS) is 23.5. The highest BCUT2D eigenvalue weighted by Gasteiger charge is 2.40. The smallest absolute Gasteiger partial charge is 0.119 e. The first kappa shape index (κ1) is 17.2. The summed E-state index contributed by atoms with van der Waals surface area (Å²) < 4.78 is 10.8. The van der Waals surface area contributed by atoms with Gasteiger partial charge < -0.3 is 9.47 Å². The van der Waals surface area contributed by atoms with E-state index in [4.69, 9.17) is 9.47 Å². The first-order valence-electron chi connectivity index (χ1n) is 9.55. The summed E-state index contributed by atoms with van der Waals surface area (Å²) in [5.41, 5.74) is 5.99. The predicted octanol–water partition coefficient (Wildman–Crippen LogP) is 6.17. The molecule has 2 aromatic carbocycles. The van der Waals surface area contributed by atoms with Crippen LogP contribution in [-0.4, -0.2) is 14.2 Å². The number of fused-ring (bicyclic) bond motifs is 3. The maximum atomic E-state index is 5.50. The zero-order chi connectivity index (χ0) is 18.3. The summed E-state index contributed by atoms with van der Waals surface area (Å²) in [6.07, 6.45) is 6.15. The highest BCUT2D eigenvalue weighted by atomic mass is 16.5. The monoisotopic (exact) mass is 348 g/mol. The molecule has 2 heteroatoms. The number of hydrogen-bond acceptors (Lipinski definition) is 2. The van der Waals surface area contributed by atoms with Crippen LogP contribution in [-0.2, 0) is 0 Å². The summed E-state index contributed by atoms with van der Waals surface area (Å²) >= 11 is 0. The zero-order valence-electron chi connectivity index (χ0n) is 16.2. The van der Waals surface area contributed by atoms with Gasteiger partial charge in [0.15, 0.2) is 0 Å². The van der Waals surface area contributed by atoms with Crippen LogP contribution < -0.4 is 9.47 Å². The van der Waals surface area contributed by atoms with Gasteiger partial charge in [-0.2, -0.15) is 0 Å². The molecule has 0 saturated heterocycles. The fourth-order valence-corrected chi connectivity index (χ4v) is 4.77. The maximum absolute atomic E-state index is 5.50. The molecule has 136 valence electrons. The minimum Gasteiger partial charge on any atom is -0.497 e. The topological polar surface area (TPSA) is 18.5 Å². The van der Waals surface area contributed by atoms with Crippen LogP contribution >= 0.6 is 0 Å². The van der Waals surface area contributed by atoms with Crippen molar-refractivity contribution >= 4 is 11.6 Å². The van der Waals surface area contributed by atoms with Crippen molar-refractivity contribution in [3.63, 3.8) is 0 Å². The molecule has 0 aromatic heterocycles. The molecule has 2 aliphatic rings. The van der Waals surface area contributed by atoms with Crippen LogP contribution in [0.3, 0.4) is 0 Å². The second kappa shape index (κ2) is 6.50. The van der Waals surface area contributed by atoms with E-state index >= 15 is 0 Å². The Bertz CT molecular complexity index is 830. The standard InChI is InChI=1S/C24H28O2/c1-24(2)12-11-20-22-14-19(26-4)10-7-17(22)13-21(23(20)15-24)16-5-8-18(25-3)9-6-16/h5-10,13-14,20,23H,11-12,15H2,1-4H3/t20-,23-/m0/s1. The van der Waals surface area contributed by atoms with Gasteiger partial charge in [0, 0.05) is 0 Å². The lowest BCUT2D eigenvalue weighted by molar-refractivity contribution is 0.187.